The van der Waals surface area contributed by atoms with Gasteiger partial charge in [0.1, 0.15) is 5.82 Å². The van der Waals surface area contributed by atoms with E-state index in [1.165, 1.54) is 11.6 Å². The summed E-state index contributed by atoms with van der Waals surface area (Å²) < 4.78 is 13.7. The van der Waals surface area contributed by atoms with Crippen LogP contribution >= 0.6 is 11.6 Å². The van der Waals surface area contributed by atoms with Crippen molar-refractivity contribution in [2.24, 2.45) is 0 Å². The summed E-state index contributed by atoms with van der Waals surface area (Å²) in [7, 11) is 0. The van der Waals surface area contributed by atoms with Gasteiger partial charge in [0.2, 0.25) is 5.91 Å². The van der Waals surface area contributed by atoms with Crippen LogP contribution in [-0.2, 0) is 11.2 Å². The Morgan fingerprint density at radius 3 is 2.59 bits per heavy atom. The molecule has 0 saturated heterocycles. The Hall–Kier alpha value is -1.87. The van der Waals surface area contributed by atoms with Gasteiger partial charge < -0.3 is 5.32 Å². The largest absolute Gasteiger partial charge is 0.349 e. The van der Waals surface area contributed by atoms with E-state index in [2.05, 4.69) is 11.4 Å². The van der Waals surface area contributed by atoms with E-state index in [-0.39, 0.29) is 18.4 Å². The molecule has 0 aromatic heterocycles. The van der Waals surface area contributed by atoms with Crippen molar-refractivity contribution in [1.82, 2.24) is 5.32 Å². The third-order valence-electron chi connectivity index (χ3n) is 3.64. The van der Waals surface area contributed by atoms with E-state index in [1.807, 2.05) is 32.9 Å². The molecule has 1 atom stereocenters. The van der Waals surface area contributed by atoms with E-state index in [9.17, 15) is 9.18 Å². The normalized spacial score (nSPS) is 12.0. The molecule has 116 valence electrons. The van der Waals surface area contributed by atoms with Crippen LogP contribution in [0.2, 0.25) is 5.02 Å². The smallest absolute Gasteiger partial charge is 0.225 e. The molecule has 0 spiro atoms. The number of benzene rings is 2. The summed E-state index contributed by atoms with van der Waals surface area (Å²) in [5.74, 6) is -0.671. The molecule has 1 amide bonds. The first-order chi connectivity index (χ1) is 10.4. The highest BCUT2D eigenvalue weighted by atomic mass is 35.5. The number of rotatable bonds is 4. The molecular weight excluding hydrogens is 301 g/mol. The summed E-state index contributed by atoms with van der Waals surface area (Å²) >= 11 is 5.71. The highest BCUT2D eigenvalue weighted by Crippen LogP contribution is 2.19. The van der Waals surface area contributed by atoms with Gasteiger partial charge in [0, 0.05) is 5.02 Å². The van der Waals surface area contributed by atoms with Crippen LogP contribution in [0.15, 0.2) is 36.4 Å². The van der Waals surface area contributed by atoms with Crippen LogP contribution in [-0.4, -0.2) is 5.91 Å². The zero-order chi connectivity index (χ0) is 16.3. The number of hydrogen-bond acceptors (Lipinski definition) is 1. The first-order valence-electron chi connectivity index (χ1n) is 7.17. The zero-order valence-corrected chi connectivity index (χ0v) is 13.7. The first kappa shape index (κ1) is 16.5. The maximum atomic E-state index is 13.7. The minimum atomic E-state index is -0.457. The van der Waals surface area contributed by atoms with Crippen LogP contribution in [0.1, 0.15) is 35.2 Å². The van der Waals surface area contributed by atoms with Crippen molar-refractivity contribution < 1.29 is 9.18 Å². The molecule has 0 aliphatic rings. The Kier molecular flexibility index (Phi) is 5.19. The predicted octanol–water partition coefficient (Wildman–Crippen LogP) is 4.52. The van der Waals surface area contributed by atoms with E-state index >= 15 is 0 Å². The highest BCUT2D eigenvalue weighted by molar-refractivity contribution is 6.30. The van der Waals surface area contributed by atoms with Gasteiger partial charge >= 0.3 is 0 Å². The molecule has 0 radical (unpaired) electrons. The quantitative estimate of drug-likeness (QED) is 0.882. The lowest BCUT2D eigenvalue weighted by atomic mass is 10.00. The number of amides is 1. The number of aryl methyl sites for hydroxylation is 2. The number of carbonyl (C=O) groups excluding carboxylic acids is 1. The van der Waals surface area contributed by atoms with Gasteiger partial charge in [-0.3, -0.25) is 4.79 Å². The van der Waals surface area contributed by atoms with Gasteiger partial charge in [-0.25, -0.2) is 4.39 Å². The van der Waals surface area contributed by atoms with Gasteiger partial charge in [0.25, 0.3) is 0 Å². The van der Waals surface area contributed by atoms with Crippen LogP contribution in [0.4, 0.5) is 4.39 Å². The van der Waals surface area contributed by atoms with E-state index in [4.69, 9.17) is 11.6 Å². The van der Waals surface area contributed by atoms with Crippen molar-refractivity contribution in [2.45, 2.75) is 33.2 Å². The first-order valence-corrected chi connectivity index (χ1v) is 7.55. The van der Waals surface area contributed by atoms with Gasteiger partial charge in [-0.1, -0.05) is 41.4 Å². The molecule has 4 heteroatoms. The van der Waals surface area contributed by atoms with Gasteiger partial charge in [-0.05, 0) is 49.6 Å². The third-order valence-corrected chi connectivity index (χ3v) is 3.87. The van der Waals surface area contributed by atoms with Gasteiger partial charge in [-0.15, -0.1) is 0 Å². The van der Waals surface area contributed by atoms with Gasteiger partial charge in [0.05, 0.1) is 12.5 Å². The van der Waals surface area contributed by atoms with E-state index in [0.29, 0.717) is 10.6 Å². The molecule has 2 aromatic carbocycles. The second-order valence-corrected chi connectivity index (χ2v) is 6.00. The standard InChI is InChI=1S/C18H19ClFNO/c1-11-4-7-16(12(2)8-11)13(3)21-18(22)9-14-5-6-15(19)10-17(14)20/h4-8,10,13H,9H2,1-3H3,(H,21,22)/t13-/m0/s1. The fourth-order valence-electron chi connectivity index (χ4n) is 2.52. The molecule has 0 aliphatic heterocycles. The topological polar surface area (TPSA) is 29.1 Å². The average Bonchev–Trinajstić information content (AvgIpc) is 2.41. The molecule has 0 aliphatic carbocycles. The Morgan fingerprint density at radius 2 is 1.95 bits per heavy atom. The van der Waals surface area contributed by atoms with Gasteiger partial charge in [-0.2, -0.15) is 0 Å². The third kappa shape index (κ3) is 4.08. The highest BCUT2D eigenvalue weighted by Gasteiger charge is 2.14. The maximum absolute atomic E-state index is 13.7. The van der Waals surface area contributed by atoms with Crippen molar-refractivity contribution in [3.63, 3.8) is 0 Å². The van der Waals surface area contributed by atoms with Crippen molar-refractivity contribution in [3.05, 3.63) is 69.5 Å². The minimum Gasteiger partial charge on any atom is -0.349 e. The second-order valence-electron chi connectivity index (χ2n) is 5.56. The molecule has 22 heavy (non-hydrogen) atoms. The number of halogens is 2. The van der Waals surface area contributed by atoms with Crippen LogP contribution in [0, 0.1) is 19.7 Å². The van der Waals surface area contributed by atoms with Crippen molar-refractivity contribution in [1.29, 1.82) is 0 Å². The molecule has 2 aromatic rings. The average molecular weight is 320 g/mol. The molecule has 2 rings (SSSR count). The molecule has 2 nitrogen and oxygen atoms in total. The number of hydrogen-bond donors (Lipinski definition) is 1. The Labute approximate surface area is 135 Å². The Morgan fingerprint density at radius 1 is 1.23 bits per heavy atom. The van der Waals surface area contributed by atoms with Crippen LogP contribution < -0.4 is 5.32 Å². The van der Waals surface area contributed by atoms with E-state index in [1.54, 1.807) is 12.1 Å². The fraction of sp³-hybridized carbons (Fsp3) is 0.278. The lowest BCUT2D eigenvalue weighted by Crippen LogP contribution is -2.28. The second kappa shape index (κ2) is 6.93. The van der Waals surface area contributed by atoms with E-state index in [0.717, 1.165) is 11.1 Å². The summed E-state index contributed by atoms with van der Waals surface area (Å²) in [4.78, 5) is 12.1. The van der Waals surface area contributed by atoms with Crippen molar-refractivity contribution in [3.8, 4) is 0 Å². The van der Waals surface area contributed by atoms with Crippen molar-refractivity contribution >= 4 is 17.5 Å². The SMILES string of the molecule is Cc1ccc([C@H](C)NC(=O)Cc2ccc(Cl)cc2F)c(C)c1. The molecule has 0 bridgehead atoms. The summed E-state index contributed by atoms with van der Waals surface area (Å²) in [5.41, 5.74) is 3.72. The lowest BCUT2D eigenvalue weighted by molar-refractivity contribution is -0.121. The number of carbonyl (C=O) groups is 1. The van der Waals surface area contributed by atoms with Gasteiger partial charge in [0.15, 0.2) is 0 Å². The molecule has 0 fully saturated rings. The minimum absolute atomic E-state index is 0.00173. The lowest BCUT2D eigenvalue weighted by Gasteiger charge is -2.17. The monoisotopic (exact) mass is 319 g/mol. The van der Waals surface area contributed by atoms with Crippen LogP contribution in [0.5, 0.6) is 0 Å². The Balaban J connectivity index is 2.05. The zero-order valence-electron chi connectivity index (χ0n) is 12.9. The fourth-order valence-corrected chi connectivity index (χ4v) is 2.68. The number of nitrogens with one attached hydrogen (secondary N) is 1. The molecule has 0 heterocycles. The predicted molar refractivity (Wildman–Crippen MR) is 87.6 cm³/mol. The molecule has 0 unspecified atom stereocenters. The maximum Gasteiger partial charge on any atom is 0.225 e. The molecule has 1 N–H and O–H groups in total. The summed E-state index contributed by atoms with van der Waals surface area (Å²) in [6.45, 7) is 5.97. The summed E-state index contributed by atoms with van der Waals surface area (Å²) in [6.07, 6.45) is -0.00173. The van der Waals surface area contributed by atoms with Crippen LogP contribution in [0.3, 0.4) is 0 Å². The summed E-state index contributed by atoms with van der Waals surface area (Å²) in [5, 5.41) is 3.23. The molecule has 0 saturated carbocycles. The summed E-state index contributed by atoms with van der Waals surface area (Å²) in [6, 6.07) is 10.3. The Bertz CT molecular complexity index is 699. The molecular formula is C18H19ClFNO. The van der Waals surface area contributed by atoms with Crippen molar-refractivity contribution in [2.75, 3.05) is 0 Å². The van der Waals surface area contributed by atoms with Crippen LogP contribution in [0.25, 0.3) is 0 Å². The van der Waals surface area contributed by atoms with E-state index < -0.39 is 5.82 Å².